The quantitative estimate of drug-likeness (QED) is 0.288. The molecular weight excluding hydrogens is 479 g/mol. The fourth-order valence-corrected chi connectivity index (χ4v) is 5.71. The Bertz CT molecular complexity index is 1120. The first-order chi connectivity index (χ1) is 16.1. The predicted octanol–water partition coefficient (Wildman–Crippen LogP) is 3.87. The average Bonchev–Trinajstić information content (AvgIpc) is 3.46. The highest BCUT2D eigenvalue weighted by Crippen LogP contribution is 2.58. The van der Waals surface area contributed by atoms with Gasteiger partial charge in [-0.1, -0.05) is 0 Å². The van der Waals surface area contributed by atoms with Crippen LogP contribution in [0.15, 0.2) is 24.4 Å². The largest absolute Gasteiger partial charge is 0.381 e. The predicted molar refractivity (Wildman–Crippen MR) is 116 cm³/mol. The lowest BCUT2D eigenvalue weighted by atomic mass is 9.71. The number of fused-ring (bicyclic) bond motifs is 1. The molecule has 12 heteroatoms. The van der Waals surface area contributed by atoms with E-state index >= 15 is 8.78 Å². The fourth-order valence-electron chi connectivity index (χ4n) is 5.35. The molecule has 2 aliphatic heterocycles. The molecule has 0 spiro atoms. The summed E-state index contributed by atoms with van der Waals surface area (Å²) in [5.41, 5.74) is -2.08. The number of H-pyrrole nitrogens is 1. The first-order valence-corrected chi connectivity index (χ1v) is 11.5. The number of amides is 1. The fraction of sp³-hybridized carbons (Fsp3) is 0.591. The highest BCUT2D eigenvalue weighted by Gasteiger charge is 2.74. The average molecular weight is 503 g/mol. The van der Waals surface area contributed by atoms with E-state index in [1.54, 1.807) is 6.07 Å². The zero-order valence-corrected chi connectivity index (χ0v) is 18.8. The number of carbonyl (C=O) groups excluding carboxylic acids is 1. The van der Waals surface area contributed by atoms with E-state index in [0.717, 1.165) is 12.8 Å². The lowest BCUT2D eigenvalue weighted by molar-refractivity contribution is -0.186. The molecule has 0 bridgehead atoms. The molecule has 34 heavy (non-hydrogen) atoms. The number of imidazole rings is 1. The van der Waals surface area contributed by atoms with Gasteiger partial charge in [0.15, 0.2) is 17.5 Å². The molecule has 0 radical (unpaired) electrons. The van der Waals surface area contributed by atoms with E-state index in [-0.39, 0.29) is 19.0 Å². The third-order valence-electron chi connectivity index (χ3n) is 7.29. The number of allylic oxidation sites excluding steroid dienone is 2. The molecule has 5 atom stereocenters. The van der Waals surface area contributed by atoms with Gasteiger partial charge in [0.05, 0.1) is 5.52 Å². The number of aromatic amines is 1. The van der Waals surface area contributed by atoms with Crippen LogP contribution in [0, 0.1) is 5.92 Å². The maximum Gasteiger partial charge on any atom is 0.328 e. The van der Waals surface area contributed by atoms with Gasteiger partial charge < -0.3 is 14.6 Å². The van der Waals surface area contributed by atoms with E-state index in [4.69, 9.17) is 4.74 Å². The summed E-state index contributed by atoms with van der Waals surface area (Å²) in [4.78, 5) is 24.8. The monoisotopic (exact) mass is 502 g/mol. The normalized spacial score (nSPS) is 36.3. The summed E-state index contributed by atoms with van der Waals surface area (Å²) in [6.07, 6.45) is 1.20. The minimum absolute atomic E-state index is 0.0487. The highest BCUT2D eigenvalue weighted by atomic mass is 32.1. The van der Waals surface area contributed by atoms with E-state index in [2.05, 4.69) is 27.6 Å². The minimum atomic E-state index is -4.71. The van der Waals surface area contributed by atoms with Crippen molar-refractivity contribution in [2.24, 2.45) is 5.92 Å². The summed E-state index contributed by atoms with van der Waals surface area (Å²) in [5, 5.41) is -4.14. The second kappa shape index (κ2) is 8.18. The summed E-state index contributed by atoms with van der Waals surface area (Å²) in [6.45, 7) is 0.774. The number of hydrogen-bond donors (Lipinski definition) is 2. The first kappa shape index (κ1) is 23.5. The molecule has 1 amide bonds. The third-order valence-corrected chi connectivity index (χ3v) is 7.93. The molecule has 5 unspecified atom stereocenters. The van der Waals surface area contributed by atoms with Crippen LogP contribution in [0.2, 0.25) is 0 Å². The molecule has 3 aliphatic rings. The number of alkyl halides is 5. The highest BCUT2D eigenvalue weighted by molar-refractivity contribution is 7.81. The summed E-state index contributed by atoms with van der Waals surface area (Å²) in [7, 11) is 0. The van der Waals surface area contributed by atoms with Crippen LogP contribution in [-0.4, -0.2) is 75.3 Å². The van der Waals surface area contributed by atoms with Crippen LogP contribution in [0.3, 0.4) is 0 Å². The third kappa shape index (κ3) is 3.35. The molecule has 2 fully saturated rings. The van der Waals surface area contributed by atoms with Gasteiger partial charge in [-0.25, -0.2) is 23.1 Å². The van der Waals surface area contributed by atoms with Crippen molar-refractivity contribution in [3.05, 3.63) is 35.8 Å². The minimum Gasteiger partial charge on any atom is -0.381 e. The molecule has 2 aromatic rings. The van der Waals surface area contributed by atoms with Gasteiger partial charge in [0, 0.05) is 50.3 Å². The van der Waals surface area contributed by atoms with Crippen LogP contribution in [0.1, 0.15) is 36.1 Å². The van der Waals surface area contributed by atoms with Crippen molar-refractivity contribution >= 4 is 30.2 Å². The number of halogens is 5. The van der Waals surface area contributed by atoms with E-state index in [1.165, 1.54) is 11.1 Å². The van der Waals surface area contributed by atoms with Crippen LogP contribution in [0.4, 0.5) is 22.0 Å². The van der Waals surface area contributed by atoms with Gasteiger partial charge in [-0.3, -0.25) is 4.79 Å². The Balaban J connectivity index is 1.59. The molecule has 4 heterocycles. The van der Waals surface area contributed by atoms with Crippen LogP contribution < -0.4 is 0 Å². The van der Waals surface area contributed by atoms with Gasteiger partial charge in [-0.2, -0.15) is 8.78 Å². The molecular formula is C22H23F5N4O2S. The van der Waals surface area contributed by atoms with Crippen molar-refractivity contribution in [3.8, 4) is 0 Å². The molecule has 2 saturated heterocycles. The Kier molecular flexibility index (Phi) is 5.66. The number of rotatable bonds is 4. The van der Waals surface area contributed by atoms with Gasteiger partial charge in [-0.15, -0.1) is 12.6 Å². The number of pyridine rings is 1. The number of thiol groups is 1. The number of carbonyl (C=O) groups is 1. The van der Waals surface area contributed by atoms with Crippen LogP contribution in [0.25, 0.3) is 11.2 Å². The van der Waals surface area contributed by atoms with Crippen molar-refractivity contribution < 1.29 is 31.5 Å². The molecule has 184 valence electrons. The zero-order valence-electron chi connectivity index (χ0n) is 17.9. The lowest BCUT2D eigenvalue weighted by Crippen LogP contribution is -2.64. The number of hydrogen-bond acceptors (Lipinski definition) is 5. The Morgan fingerprint density at radius 3 is 2.65 bits per heavy atom. The van der Waals surface area contributed by atoms with Gasteiger partial charge in [0.2, 0.25) is 6.41 Å². The molecule has 5 rings (SSSR count). The summed E-state index contributed by atoms with van der Waals surface area (Å²) < 4.78 is 79.8. The molecule has 0 saturated carbocycles. The van der Waals surface area contributed by atoms with E-state index in [1.807, 2.05) is 0 Å². The summed E-state index contributed by atoms with van der Waals surface area (Å²) in [6, 6.07) is 1.57. The topological polar surface area (TPSA) is 71.1 Å². The lowest BCUT2D eigenvalue weighted by Gasteiger charge is -2.46. The van der Waals surface area contributed by atoms with E-state index < -0.39 is 34.6 Å². The summed E-state index contributed by atoms with van der Waals surface area (Å²) >= 11 is 3.34. The Hall–Kier alpha value is -2.21. The number of nitrogens with zero attached hydrogens (tertiary/aromatic N) is 3. The Morgan fingerprint density at radius 2 is 1.94 bits per heavy atom. The SMILES string of the molecule is O=CN1CC(c2ccnc3nc(C4CCOCC4)[nH]c23)C(C2(F)C=CC(F)C(F)(F)C2(F)S)C1. The van der Waals surface area contributed by atoms with Gasteiger partial charge in [0.1, 0.15) is 5.82 Å². The molecule has 0 aromatic carbocycles. The van der Waals surface area contributed by atoms with Crippen molar-refractivity contribution in [1.82, 2.24) is 19.9 Å². The Labute approximate surface area is 197 Å². The van der Waals surface area contributed by atoms with Gasteiger partial charge in [0.25, 0.3) is 5.00 Å². The number of ether oxygens (including phenoxy) is 1. The molecule has 2 aromatic heterocycles. The van der Waals surface area contributed by atoms with E-state index in [9.17, 15) is 18.0 Å². The summed E-state index contributed by atoms with van der Waals surface area (Å²) in [5.74, 6) is -6.30. The van der Waals surface area contributed by atoms with Crippen molar-refractivity contribution in [3.63, 3.8) is 0 Å². The number of nitrogens with one attached hydrogen (secondary N) is 1. The molecule has 6 nitrogen and oxygen atoms in total. The van der Waals surface area contributed by atoms with Crippen LogP contribution >= 0.6 is 12.6 Å². The molecule has 1 N–H and O–H groups in total. The number of likely N-dealkylation sites (tertiary alicyclic amines) is 1. The van der Waals surface area contributed by atoms with Crippen molar-refractivity contribution in [2.45, 2.75) is 47.4 Å². The maximum absolute atomic E-state index is 16.3. The second-order valence-corrected chi connectivity index (χ2v) is 9.77. The molecule has 1 aliphatic carbocycles. The van der Waals surface area contributed by atoms with Crippen LogP contribution in [-0.2, 0) is 9.53 Å². The second-order valence-electron chi connectivity index (χ2n) is 9.15. The van der Waals surface area contributed by atoms with E-state index in [0.29, 0.717) is 54.3 Å². The van der Waals surface area contributed by atoms with Crippen LogP contribution in [0.5, 0.6) is 0 Å². The smallest absolute Gasteiger partial charge is 0.328 e. The first-order valence-electron chi connectivity index (χ1n) is 11.0. The zero-order chi connectivity index (χ0) is 24.3. The Morgan fingerprint density at radius 1 is 1.21 bits per heavy atom. The maximum atomic E-state index is 16.3. The number of aromatic nitrogens is 3. The van der Waals surface area contributed by atoms with Gasteiger partial charge in [-0.05, 0) is 36.6 Å². The van der Waals surface area contributed by atoms with Crippen molar-refractivity contribution in [1.29, 1.82) is 0 Å². The van der Waals surface area contributed by atoms with Gasteiger partial charge >= 0.3 is 5.92 Å². The van der Waals surface area contributed by atoms with Crippen molar-refractivity contribution in [2.75, 3.05) is 26.3 Å². The standard InChI is InChI=1S/C22H23F5N4O2S/c23-16-1-5-20(24,22(27,34)21(16,25)26)15-10-31(11-32)9-14(15)13-2-6-28-19-17(13)29-18(30-19)12-3-7-33-8-4-12/h1-2,5-6,11-12,14-16,34H,3-4,7-10H2,(H,28,29,30).